The molecule has 0 aromatic carbocycles. The Morgan fingerprint density at radius 3 is 2.62 bits per heavy atom. The van der Waals surface area contributed by atoms with Gasteiger partial charge in [-0.05, 0) is 32.3 Å². The summed E-state index contributed by atoms with van der Waals surface area (Å²) in [6, 6.07) is 0. The van der Waals surface area contributed by atoms with Crippen molar-refractivity contribution in [1.82, 2.24) is 4.90 Å². The first-order chi connectivity index (χ1) is 7.72. The minimum Gasteiger partial charge on any atom is -0.463 e. The van der Waals surface area contributed by atoms with Crippen molar-refractivity contribution < 1.29 is 13.9 Å². The molecular weight excluding hydrogens is 209 g/mol. The molecule has 0 spiro atoms. The van der Waals surface area contributed by atoms with E-state index in [0.717, 1.165) is 38.1 Å². The predicted molar refractivity (Wildman–Crippen MR) is 60.4 cm³/mol. The molecule has 1 rings (SSSR count). The van der Waals surface area contributed by atoms with Crippen molar-refractivity contribution in [2.24, 2.45) is 0 Å². The average Bonchev–Trinajstić information content (AvgIpc) is 2.28. The zero-order chi connectivity index (χ0) is 11.8. The zero-order valence-corrected chi connectivity index (χ0v) is 9.62. The smallest absolute Gasteiger partial charge is 0.330 e. The third-order valence-corrected chi connectivity index (χ3v) is 2.36. The lowest BCUT2D eigenvalue weighted by Gasteiger charge is -2.24. The summed E-state index contributed by atoms with van der Waals surface area (Å²) in [6.07, 6.45) is 7.13. The molecule has 90 valence electrons. The van der Waals surface area contributed by atoms with Crippen LogP contribution in [-0.4, -0.2) is 30.6 Å². The lowest BCUT2D eigenvalue weighted by atomic mass is 10.1. The number of hydrogen-bond acceptors (Lipinski definition) is 3. The van der Waals surface area contributed by atoms with Crippen molar-refractivity contribution in [2.75, 3.05) is 19.7 Å². The van der Waals surface area contributed by atoms with E-state index in [4.69, 9.17) is 0 Å². The Morgan fingerprint density at radius 2 is 2.00 bits per heavy atom. The van der Waals surface area contributed by atoms with Gasteiger partial charge in [0, 0.05) is 25.4 Å². The molecule has 0 amide bonds. The molecule has 0 aliphatic carbocycles. The Kier molecular flexibility index (Phi) is 5.61. The minimum atomic E-state index is -0.510. The van der Waals surface area contributed by atoms with Gasteiger partial charge in [0.2, 0.25) is 0 Å². The standard InChI is InChI=1S/C12H18FNO2/c1-2-16-12(15)7-6-11(13)10-14-8-4-3-5-9-14/h6-7,10H,2-5,8-9H2,1H3/b7-6+,11-10-. The molecule has 0 bridgehead atoms. The van der Waals surface area contributed by atoms with E-state index < -0.39 is 11.8 Å². The van der Waals surface area contributed by atoms with Crippen LogP contribution < -0.4 is 0 Å². The number of esters is 1. The fraction of sp³-hybridized carbons (Fsp3) is 0.583. The number of hydrogen-bond donors (Lipinski definition) is 0. The molecule has 1 saturated heterocycles. The number of halogens is 1. The van der Waals surface area contributed by atoms with E-state index in [1.807, 2.05) is 4.90 Å². The van der Waals surface area contributed by atoms with Crippen molar-refractivity contribution >= 4 is 5.97 Å². The van der Waals surface area contributed by atoms with Crippen LogP contribution in [0.15, 0.2) is 24.2 Å². The highest BCUT2D eigenvalue weighted by Gasteiger charge is 2.06. The molecule has 0 aromatic heterocycles. The van der Waals surface area contributed by atoms with Crippen molar-refractivity contribution in [3.63, 3.8) is 0 Å². The molecule has 1 heterocycles. The van der Waals surface area contributed by atoms with Crippen molar-refractivity contribution in [1.29, 1.82) is 0 Å². The third kappa shape index (κ3) is 4.96. The Balaban J connectivity index is 2.40. The van der Waals surface area contributed by atoms with E-state index in [2.05, 4.69) is 4.74 Å². The summed E-state index contributed by atoms with van der Waals surface area (Å²) in [5, 5.41) is 0. The van der Waals surface area contributed by atoms with Gasteiger partial charge in [-0.2, -0.15) is 0 Å². The van der Waals surface area contributed by atoms with Gasteiger partial charge >= 0.3 is 5.97 Å². The van der Waals surface area contributed by atoms with Crippen LogP contribution in [-0.2, 0) is 9.53 Å². The second-order valence-corrected chi connectivity index (χ2v) is 3.70. The monoisotopic (exact) mass is 227 g/mol. The van der Waals surface area contributed by atoms with E-state index in [1.54, 1.807) is 6.92 Å². The van der Waals surface area contributed by atoms with E-state index in [9.17, 15) is 9.18 Å². The van der Waals surface area contributed by atoms with Crippen molar-refractivity contribution in [3.8, 4) is 0 Å². The molecule has 1 aliphatic heterocycles. The maximum atomic E-state index is 13.3. The summed E-state index contributed by atoms with van der Waals surface area (Å²) in [4.78, 5) is 12.9. The highest BCUT2D eigenvalue weighted by Crippen LogP contribution is 2.11. The fourth-order valence-corrected chi connectivity index (χ4v) is 1.60. The van der Waals surface area contributed by atoms with Gasteiger partial charge in [0.15, 0.2) is 0 Å². The van der Waals surface area contributed by atoms with Gasteiger partial charge < -0.3 is 9.64 Å². The summed E-state index contributed by atoms with van der Waals surface area (Å²) in [5.74, 6) is -0.917. The van der Waals surface area contributed by atoms with Gasteiger partial charge in [0.1, 0.15) is 5.83 Å². The first-order valence-corrected chi connectivity index (χ1v) is 5.68. The topological polar surface area (TPSA) is 29.5 Å². The van der Waals surface area contributed by atoms with Crippen LogP contribution >= 0.6 is 0 Å². The number of ether oxygens (including phenoxy) is 1. The summed E-state index contributed by atoms with van der Waals surface area (Å²) < 4.78 is 18.0. The van der Waals surface area contributed by atoms with Crippen LogP contribution in [0.1, 0.15) is 26.2 Å². The van der Waals surface area contributed by atoms with Crippen molar-refractivity contribution in [2.45, 2.75) is 26.2 Å². The van der Waals surface area contributed by atoms with E-state index >= 15 is 0 Å². The molecule has 3 nitrogen and oxygen atoms in total. The molecule has 4 heteroatoms. The molecule has 0 saturated carbocycles. The highest BCUT2D eigenvalue weighted by molar-refractivity contribution is 5.82. The number of likely N-dealkylation sites (tertiary alicyclic amines) is 1. The number of allylic oxidation sites excluding steroid dienone is 2. The lowest BCUT2D eigenvalue weighted by molar-refractivity contribution is -0.137. The number of carbonyl (C=O) groups is 1. The number of carbonyl (C=O) groups excluding carboxylic acids is 1. The minimum absolute atomic E-state index is 0.306. The summed E-state index contributed by atoms with van der Waals surface area (Å²) >= 11 is 0. The van der Waals surface area contributed by atoms with Gasteiger partial charge in [-0.25, -0.2) is 9.18 Å². The normalized spacial score (nSPS) is 17.9. The first-order valence-electron chi connectivity index (χ1n) is 5.68. The van der Waals surface area contributed by atoms with Gasteiger partial charge in [0.25, 0.3) is 0 Å². The van der Waals surface area contributed by atoms with Gasteiger partial charge in [0.05, 0.1) is 6.61 Å². The molecule has 1 fully saturated rings. The van der Waals surface area contributed by atoms with Gasteiger partial charge in [-0.15, -0.1) is 0 Å². The van der Waals surface area contributed by atoms with Gasteiger partial charge in [-0.3, -0.25) is 0 Å². The molecule has 1 aliphatic rings. The SMILES string of the molecule is CCOC(=O)/C=C/C(F)=C/N1CCCCC1. The molecule has 0 atom stereocenters. The maximum Gasteiger partial charge on any atom is 0.330 e. The van der Waals surface area contributed by atoms with Crippen LogP contribution in [0, 0.1) is 0 Å². The Labute approximate surface area is 95.6 Å². The number of nitrogens with zero attached hydrogens (tertiary/aromatic N) is 1. The molecular formula is C12H18FNO2. The summed E-state index contributed by atoms with van der Waals surface area (Å²) in [5.41, 5.74) is 0. The van der Waals surface area contributed by atoms with Crippen molar-refractivity contribution in [3.05, 3.63) is 24.2 Å². The molecule has 16 heavy (non-hydrogen) atoms. The first kappa shape index (κ1) is 12.7. The molecule has 0 unspecified atom stereocenters. The van der Waals surface area contributed by atoms with Gasteiger partial charge in [-0.1, -0.05) is 0 Å². The second kappa shape index (κ2) is 7.04. The Hall–Kier alpha value is -1.32. The quantitative estimate of drug-likeness (QED) is 0.419. The van der Waals surface area contributed by atoms with E-state index in [1.165, 1.54) is 12.6 Å². The zero-order valence-electron chi connectivity index (χ0n) is 9.62. The summed E-state index contributed by atoms with van der Waals surface area (Å²) in [6.45, 7) is 3.80. The maximum absolute atomic E-state index is 13.3. The molecule has 0 aromatic rings. The number of piperidine rings is 1. The van der Waals surface area contributed by atoms with Crippen LogP contribution in [0.25, 0.3) is 0 Å². The fourth-order valence-electron chi connectivity index (χ4n) is 1.60. The Bertz CT molecular complexity index is 281. The molecule has 0 radical (unpaired) electrons. The van der Waals surface area contributed by atoms with E-state index in [-0.39, 0.29) is 0 Å². The lowest BCUT2D eigenvalue weighted by Crippen LogP contribution is -2.24. The van der Waals surface area contributed by atoms with Crippen LogP contribution in [0.5, 0.6) is 0 Å². The summed E-state index contributed by atoms with van der Waals surface area (Å²) in [7, 11) is 0. The van der Waals surface area contributed by atoms with Crippen LogP contribution in [0.3, 0.4) is 0 Å². The Morgan fingerprint density at radius 1 is 1.31 bits per heavy atom. The third-order valence-electron chi connectivity index (χ3n) is 2.36. The second-order valence-electron chi connectivity index (χ2n) is 3.70. The average molecular weight is 227 g/mol. The molecule has 0 N–H and O–H groups in total. The highest BCUT2D eigenvalue weighted by atomic mass is 19.1. The van der Waals surface area contributed by atoms with Crippen LogP contribution in [0.2, 0.25) is 0 Å². The van der Waals surface area contributed by atoms with Crippen LogP contribution in [0.4, 0.5) is 4.39 Å². The predicted octanol–water partition coefficient (Wildman–Crippen LogP) is 2.40. The number of rotatable bonds is 4. The largest absolute Gasteiger partial charge is 0.463 e. The van der Waals surface area contributed by atoms with E-state index in [0.29, 0.717) is 6.61 Å².